The van der Waals surface area contributed by atoms with Crippen LogP contribution in [0.3, 0.4) is 0 Å². The lowest BCUT2D eigenvalue weighted by Gasteiger charge is -1.98. The Morgan fingerprint density at radius 1 is 1.75 bits per heavy atom. The van der Waals surface area contributed by atoms with E-state index in [1.54, 1.807) is 6.92 Å². The van der Waals surface area contributed by atoms with E-state index in [9.17, 15) is 9.59 Å². The summed E-state index contributed by atoms with van der Waals surface area (Å²) in [6.07, 6.45) is 2.79. The van der Waals surface area contributed by atoms with Crippen molar-refractivity contribution in [1.29, 1.82) is 0 Å². The van der Waals surface area contributed by atoms with Crippen molar-refractivity contribution in [2.45, 2.75) is 13.3 Å². The molecule has 1 N–H and O–H groups in total. The monoisotopic (exact) mass is 168 g/mol. The van der Waals surface area contributed by atoms with Crippen LogP contribution >= 0.6 is 0 Å². The van der Waals surface area contributed by atoms with Crippen molar-refractivity contribution in [2.75, 3.05) is 0 Å². The molecule has 1 aromatic heterocycles. The maximum absolute atomic E-state index is 10.7. The Hall–Kier alpha value is -1.65. The van der Waals surface area contributed by atoms with E-state index in [1.807, 2.05) is 0 Å². The van der Waals surface area contributed by atoms with Crippen LogP contribution in [0.1, 0.15) is 13.3 Å². The molecule has 0 aliphatic heterocycles. The maximum atomic E-state index is 10.7. The maximum Gasteiger partial charge on any atom is 0.345 e. The summed E-state index contributed by atoms with van der Waals surface area (Å²) in [5, 5.41) is 0. The summed E-state index contributed by atoms with van der Waals surface area (Å²) in [5.41, 5.74) is -0.466. The standard InChI is InChI=1S/C7H8N2O3/c1-2-6(10)12-5-3-8-7(11)9-4-5/h3-4H,2H2,1H3,(H,8,9,11). The van der Waals surface area contributed by atoms with Gasteiger partial charge in [-0.1, -0.05) is 6.92 Å². The fourth-order valence-electron chi connectivity index (χ4n) is 0.589. The number of nitrogens with one attached hydrogen (secondary N) is 1. The minimum absolute atomic E-state index is 0.251. The van der Waals surface area contributed by atoms with Gasteiger partial charge < -0.3 is 9.72 Å². The van der Waals surface area contributed by atoms with Crippen LogP contribution < -0.4 is 10.4 Å². The average molecular weight is 168 g/mol. The Morgan fingerprint density at radius 3 is 3.00 bits per heavy atom. The molecule has 0 fully saturated rings. The Morgan fingerprint density at radius 2 is 2.50 bits per heavy atom. The minimum Gasteiger partial charge on any atom is -0.423 e. The van der Waals surface area contributed by atoms with E-state index < -0.39 is 5.69 Å². The van der Waals surface area contributed by atoms with E-state index in [1.165, 1.54) is 12.4 Å². The summed E-state index contributed by atoms with van der Waals surface area (Å²) in [6.45, 7) is 1.68. The van der Waals surface area contributed by atoms with E-state index in [0.29, 0.717) is 6.42 Å². The van der Waals surface area contributed by atoms with Crippen molar-refractivity contribution in [3.8, 4) is 5.75 Å². The number of hydrogen-bond donors (Lipinski definition) is 1. The van der Waals surface area contributed by atoms with Gasteiger partial charge in [0.2, 0.25) is 0 Å². The molecule has 0 spiro atoms. The highest BCUT2D eigenvalue weighted by Gasteiger charge is 2.00. The lowest BCUT2D eigenvalue weighted by atomic mass is 10.5. The Balaban J connectivity index is 2.71. The predicted molar refractivity (Wildman–Crippen MR) is 40.8 cm³/mol. The number of rotatable bonds is 2. The van der Waals surface area contributed by atoms with Crippen molar-refractivity contribution in [3.05, 3.63) is 22.9 Å². The SMILES string of the molecule is CCC(=O)Oc1cnc(=O)[nH]c1. The first-order valence-corrected chi connectivity index (χ1v) is 3.47. The van der Waals surface area contributed by atoms with E-state index >= 15 is 0 Å². The van der Waals surface area contributed by atoms with Crippen LogP contribution in [0.25, 0.3) is 0 Å². The molecule has 1 aromatic rings. The molecule has 1 heterocycles. The predicted octanol–water partition coefficient (Wildman–Crippen LogP) is 0.0853. The zero-order valence-electron chi connectivity index (χ0n) is 6.53. The Bertz CT molecular complexity index is 311. The second kappa shape index (κ2) is 3.66. The second-order valence-electron chi connectivity index (χ2n) is 2.08. The van der Waals surface area contributed by atoms with E-state index in [4.69, 9.17) is 4.74 Å². The zero-order chi connectivity index (χ0) is 8.97. The molecule has 12 heavy (non-hydrogen) atoms. The van der Waals surface area contributed by atoms with E-state index in [-0.39, 0.29) is 11.7 Å². The van der Waals surface area contributed by atoms with Crippen LogP contribution in [0.15, 0.2) is 17.2 Å². The summed E-state index contributed by atoms with van der Waals surface area (Å²) >= 11 is 0. The number of ether oxygens (including phenoxy) is 1. The van der Waals surface area contributed by atoms with E-state index in [2.05, 4.69) is 9.97 Å². The third-order valence-corrected chi connectivity index (χ3v) is 1.17. The number of aromatic nitrogens is 2. The van der Waals surface area contributed by atoms with Gasteiger partial charge in [-0.3, -0.25) is 4.79 Å². The molecule has 0 aliphatic carbocycles. The summed E-state index contributed by atoms with van der Waals surface area (Å²) in [7, 11) is 0. The van der Waals surface area contributed by atoms with Crippen molar-refractivity contribution < 1.29 is 9.53 Å². The molecule has 64 valence electrons. The van der Waals surface area contributed by atoms with Gasteiger partial charge in [0.05, 0.1) is 12.4 Å². The summed E-state index contributed by atoms with van der Waals surface area (Å²) in [5.74, 6) is -0.106. The van der Waals surface area contributed by atoms with Crippen molar-refractivity contribution >= 4 is 5.97 Å². The highest BCUT2D eigenvalue weighted by molar-refractivity contribution is 5.71. The molecule has 0 bridgehead atoms. The van der Waals surface area contributed by atoms with E-state index in [0.717, 1.165) is 0 Å². The van der Waals surface area contributed by atoms with Gasteiger partial charge >= 0.3 is 11.7 Å². The van der Waals surface area contributed by atoms with Crippen LogP contribution in [0.2, 0.25) is 0 Å². The van der Waals surface area contributed by atoms with Gasteiger partial charge in [-0.15, -0.1) is 0 Å². The van der Waals surface area contributed by atoms with Crippen molar-refractivity contribution in [1.82, 2.24) is 9.97 Å². The molecule has 5 heteroatoms. The molecule has 5 nitrogen and oxygen atoms in total. The van der Waals surface area contributed by atoms with Crippen LogP contribution in [0.5, 0.6) is 5.75 Å². The lowest BCUT2D eigenvalue weighted by Crippen LogP contribution is -2.11. The number of H-pyrrole nitrogens is 1. The summed E-state index contributed by atoms with van der Waals surface area (Å²) < 4.78 is 4.75. The number of esters is 1. The number of aromatic amines is 1. The summed E-state index contributed by atoms with van der Waals surface area (Å²) in [4.78, 5) is 26.9. The van der Waals surface area contributed by atoms with Gasteiger partial charge in [-0.2, -0.15) is 4.98 Å². The number of carbonyl (C=O) groups excluding carboxylic acids is 1. The molecule has 0 unspecified atom stereocenters. The smallest absolute Gasteiger partial charge is 0.345 e. The van der Waals surface area contributed by atoms with Crippen LogP contribution in [-0.4, -0.2) is 15.9 Å². The van der Waals surface area contributed by atoms with Crippen LogP contribution in [0, 0.1) is 0 Å². The van der Waals surface area contributed by atoms with Crippen molar-refractivity contribution in [2.24, 2.45) is 0 Å². The molecule has 0 amide bonds. The third kappa shape index (κ3) is 2.19. The summed E-state index contributed by atoms with van der Waals surface area (Å²) in [6, 6.07) is 0. The van der Waals surface area contributed by atoms with Gasteiger partial charge in [-0.05, 0) is 0 Å². The topological polar surface area (TPSA) is 72.0 Å². The second-order valence-corrected chi connectivity index (χ2v) is 2.08. The normalized spacial score (nSPS) is 9.42. The quantitative estimate of drug-likeness (QED) is 0.635. The van der Waals surface area contributed by atoms with Crippen molar-refractivity contribution in [3.63, 3.8) is 0 Å². The average Bonchev–Trinajstić information content (AvgIpc) is 2.09. The zero-order valence-corrected chi connectivity index (χ0v) is 6.53. The Kier molecular flexibility index (Phi) is 2.57. The van der Waals surface area contributed by atoms with Gasteiger partial charge in [0.15, 0.2) is 5.75 Å². The molecular formula is C7H8N2O3. The molecule has 0 aliphatic rings. The van der Waals surface area contributed by atoms with Gasteiger partial charge in [0, 0.05) is 6.42 Å². The molecule has 0 aromatic carbocycles. The lowest BCUT2D eigenvalue weighted by molar-refractivity contribution is -0.134. The van der Waals surface area contributed by atoms with Crippen LogP contribution in [0.4, 0.5) is 0 Å². The molecule has 0 saturated heterocycles. The van der Waals surface area contributed by atoms with Crippen LogP contribution in [-0.2, 0) is 4.79 Å². The van der Waals surface area contributed by atoms with Gasteiger partial charge in [0.25, 0.3) is 0 Å². The molecule has 0 saturated carbocycles. The highest BCUT2D eigenvalue weighted by atomic mass is 16.5. The fourth-order valence-corrected chi connectivity index (χ4v) is 0.589. The number of carbonyl (C=O) groups is 1. The highest BCUT2D eigenvalue weighted by Crippen LogP contribution is 2.03. The molecule has 0 atom stereocenters. The Labute approximate surface area is 68.4 Å². The first kappa shape index (κ1) is 8.45. The van der Waals surface area contributed by atoms with Gasteiger partial charge in [-0.25, -0.2) is 4.79 Å². The van der Waals surface area contributed by atoms with Gasteiger partial charge in [0.1, 0.15) is 0 Å². The number of hydrogen-bond acceptors (Lipinski definition) is 4. The largest absolute Gasteiger partial charge is 0.423 e. The molecule has 1 rings (SSSR count). The minimum atomic E-state index is -0.466. The first-order chi connectivity index (χ1) is 5.72. The molecular weight excluding hydrogens is 160 g/mol. The first-order valence-electron chi connectivity index (χ1n) is 3.47. The number of nitrogens with zero attached hydrogens (tertiary/aromatic N) is 1. The molecule has 0 radical (unpaired) electrons. The third-order valence-electron chi connectivity index (χ3n) is 1.17. The fraction of sp³-hybridized carbons (Fsp3) is 0.286.